The molecule has 0 atom stereocenters. The predicted molar refractivity (Wildman–Crippen MR) is 99.8 cm³/mol. The number of anilines is 1. The highest BCUT2D eigenvalue weighted by atomic mass is 19.2. The Hall–Kier alpha value is -2.51. The van der Waals surface area contributed by atoms with Crippen LogP contribution >= 0.6 is 0 Å². The summed E-state index contributed by atoms with van der Waals surface area (Å²) in [4.78, 5) is 16.4. The number of halogens is 2. The van der Waals surface area contributed by atoms with Gasteiger partial charge in [-0.2, -0.15) is 0 Å². The molecule has 0 radical (unpaired) electrons. The molecule has 2 aromatic carbocycles. The molecule has 144 valence electrons. The number of benzene rings is 2. The van der Waals surface area contributed by atoms with Crippen LogP contribution in [0.1, 0.15) is 0 Å². The van der Waals surface area contributed by atoms with E-state index in [2.05, 4.69) is 10.2 Å². The lowest BCUT2D eigenvalue weighted by atomic mass is 10.3. The summed E-state index contributed by atoms with van der Waals surface area (Å²) in [5.41, 5.74) is 0.260. The third-order valence-electron chi connectivity index (χ3n) is 4.45. The van der Waals surface area contributed by atoms with Crippen molar-refractivity contribution in [2.45, 2.75) is 0 Å². The first-order valence-electron chi connectivity index (χ1n) is 8.97. The van der Waals surface area contributed by atoms with E-state index < -0.39 is 11.6 Å². The molecule has 1 aliphatic heterocycles. The molecule has 0 spiro atoms. The molecule has 1 N–H and O–H groups in total. The molecule has 7 heteroatoms. The smallest absolute Gasteiger partial charge is 0.238 e. The highest BCUT2D eigenvalue weighted by Gasteiger charge is 2.19. The van der Waals surface area contributed by atoms with Crippen molar-refractivity contribution in [2.24, 2.45) is 0 Å². The largest absolute Gasteiger partial charge is 0.492 e. The standard InChI is InChI=1S/C20H23F2N3O2/c21-18-7-6-16(14-19(18)22)23-20(26)15-25-10-8-24(9-11-25)12-13-27-17-4-2-1-3-5-17/h1-7,14H,8-13,15H2,(H,23,26). The zero-order chi connectivity index (χ0) is 19.1. The molecule has 1 saturated heterocycles. The van der Waals surface area contributed by atoms with Gasteiger partial charge in [0.25, 0.3) is 0 Å². The number of piperazine rings is 1. The van der Waals surface area contributed by atoms with Gasteiger partial charge in [-0.15, -0.1) is 0 Å². The monoisotopic (exact) mass is 375 g/mol. The van der Waals surface area contributed by atoms with Gasteiger partial charge in [-0.25, -0.2) is 8.78 Å². The number of carbonyl (C=O) groups is 1. The maximum absolute atomic E-state index is 13.2. The molecule has 0 aromatic heterocycles. The first kappa shape index (κ1) is 19.3. The molecule has 0 aliphatic carbocycles. The van der Waals surface area contributed by atoms with Gasteiger partial charge in [-0.1, -0.05) is 18.2 Å². The lowest BCUT2D eigenvalue weighted by molar-refractivity contribution is -0.117. The number of carbonyl (C=O) groups excluding carboxylic acids is 1. The highest BCUT2D eigenvalue weighted by Crippen LogP contribution is 2.13. The van der Waals surface area contributed by atoms with Crippen LogP contribution in [0.2, 0.25) is 0 Å². The second-order valence-corrected chi connectivity index (χ2v) is 6.46. The number of rotatable bonds is 7. The Labute approximate surface area is 157 Å². The van der Waals surface area contributed by atoms with E-state index in [0.717, 1.165) is 50.6 Å². The lowest BCUT2D eigenvalue weighted by Crippen LogP contribution is -2.49. The molecule has 0 bridgehead atoms. The number of hydrogen-bond acceptors (Lipinski definition) is 4. The molecule has 1 amide bonds. The second kappa shape index (κ2) is 9.43. The molecular formula is C20H23F2N3O2. The van der Waals surface area contributed by atoms with Crippen molar-refractivity contribution in [3.63, 3.8) is 0 Å². The Morgan fingerprint density at radius 3 is 2.37 bits per heavy atom. The van der Waals surface area contributed by atoms with Crippen LogP contribution in [-0.4, -0.2) is 61.6 Å². The molecular weight excluding hydrogens is 352 g/mol. The van der Waals surface area contributed by atoms with Gasteiger partial charge >= 0.3 is 0 Å². The molecule has 5 nitrogen and oxygen atoms in total. The fourth-order valence-electron chi connectivity index (χ4n) is 2.96. The van der Waals surface area contributed by atoms with Gasteiger partial charge in [0.1, 0.15) is 12.4 Å². The van der Waals surface area contributed by atoms with Gasteiger partial charge in [-0.3, -0.25) is 14.6 Å². The number of nitrogens with zero attached hydrogens (tertiary/aromatic N) is 2. The Balaban J connectivity index is 1.35. The Morgan fingerprint density at radius 1 is 0.963 bits per heavy atom. The van der Waals surface area contributed by atoms with Crippen LogP contribution in [0.3, 0.4) is 0 Å². The summed E-state index contributed by atoms with van der Waals surface area (Å²) in [5.74, 6) is -1.27. The van der Waals surface area contributed by atoms with Crippen molar-refractivity contribution in [3.05, 3.63) is 60.2 Å². The van der Waals surface area contributed by atoms with Gasteiger partial charge in [0.05, 0.1) is 6.54 Å². The molecule has 1 aliphatic rings. The van der Waals surface area contributed by atoms with Gasteiger partial charge < -0.3 is 10.1 Å². The van der Waals surface area contributed by atoms with Gasteiger partial charge in [-0.05, 0) is 24.3 Å². The van der Waals surface area contributed by atoms with Crippen molar-refractivity contribution in [2.75, 3.05) is 51.2 Å². The molecule has 3 rings (SSSR count). The van der Waals surface area contributed by atoms with Crippen LogP contribution in [0.25, 0.3) is 0 Å². The third-order valence-corrected chi connectivity index (χ3v) is 4.45. The van der Waals surface area contributed by atoms with Crippen molar-refractivity contribution in [1.82, 2.24) is 9.80 Å². The molecule has 27 heavy (non-hydrogen) atoms. The van der Waals surface area contributed by atoms with E-state index in [9.17, 15) is 13.6 Å². The number of amides is 1. The van der Waals surface area contributed by atoms with E-state index in [1.165, 1.54) is 6.07 Å². The van der Waals surface area contributed by atoms with Crippen molar-refractivity contribution >= 4 is 11.6 Å². The zero-order valence-electron chi connectivity index (χ0n) is 15.0. The zero-order valence-corrected chi connectivity index (χ0v) is 15.0. The highest BCUT2D eigenvalue weighted by molar-refractivity contribution is 5.92. The molecule has 0 saturated carbocycles. The van der Waals surface area contributed by atoms with Crippen molar-refractivity contribution < 1.29 is 18.3 Å². The van der Waals surface area contributed by atoms with Crippen LogP contribution in [0, 0.1) is 11.6 Å². The number of nitrogens with one attached hydrogen (secondary N) is 1. The molecule has 1 fully saturated rings. The second-order valence-electron chi connectivity index (χ2n) is 6.46. The SMILES string of the molecule is O=C(CN1CCN(CCOc2ccccc2)CC1)Nc1ccc(F)c(F)c1. The summed E-state index contributed by atoms with van der Waals surface area (Å²) in [6.45, 7) is 4.96. The summed E-state index contributed by atoms with van der Waals surface area (Å²) in [7, 11) is 0. The quantitative estimate of drug-likeness (QED) is 0.808. The van der Waals surface area contributed by atoms with Crippen LogP contribution in [0.15, 0.2) is 48.5 Å². The minimum atomic E-state index is -0.973. The Bertz CT molecular complexity index is 750. The first-order chi connectivity index (χ1) is 13.1. The van der Waals surface area contributed by atoms with Crippen LogP contribution < -0.4 is 10.1 Å². The fourth-order valence-corrected chi connectivity index (χ4v) is 2.96. The molecule has 0 unspecified atom stereocenters. The molecule has 2 aromatic rings. The Kier molecular flexibility index (Phi) is 6.73. The lowest BCUT2D eigenvalue weighted by Gasteiger charge is -2.34. The van der Waals surface area contributed by atoms with Gasteiger partial charge in [0.15, 0.2) is 11.6 Å². The number of para-hydroxylation sites is 1. The maximum Gasteiger partial charge on any atom is 0.238 e. The van der Waals surface area contributed by atoms with E-state index in [-0.39, 0.29) is 18.1 Å². The third kappa shape index (κ3) is 6.01. The summed E-state index contributed by atoms with van der Waals surface area (Å²) in [6, 6.07) is 13.0. The minimum absolute atomic E-state index is 0.230. The first-order valence-corrected chi connectivity index (χ1v) is 8.97. The normalized spacial score (nSPS) is 15.5. The number of hydrogen-bond donors (Lipinski definition) is 1. The van der Waals surface area contributed by atoms with E-state index in [1.807, 2.05) is 35.2 Å². The summed E-state index contributed by atoms with van der Waals surface area (Å²) < 4.78 is 31.8. The van der Waals surface area contributed by atoms with Crippen LogP contribution in [0.4, 0.5) is 14.5 Å². The van der Waals surface area contributed by atoms with Gasteiger partial charge in [0, 0.05) is 44.5 Å². The summed E-state index contributed by atoms with van der Waals surface area (Å²) in [6.07, 6.45) is 0. The van der Waals surface area contributed by atoms with Gasteiger partial charge in [0.2, 0.25) is 5.91 Å². The Morgan fingerprint density at radius 2 is 1.67 bits per heavy atom. The average molecular weight is 375 g/mol. The minimum Gasteiger partial charge on any atom is -0.492 e. The summed E-state index contributed by atoms with van der Waals surface area (Å²) >= 11 is 0. The van der Waals surface area contributed by atoms with E-state index in [0.29, 0.717) is 6.61 Å². The number of ether oxygens (including phenoxy) is 1. The topological polar surface area (TPSA) is 44.8 Å². The summed E-state index contributed by atoms with van der Waals surface area (Å²) in [5, 5.41) is 2.60. The van der Waals surface area contributed by atoms with Crippen LogP contribution in [-0.2, 0) is 4.79 Å². The van der Waals surface area contributed by atoms with E-state index >= 15 is 0 Å². The molecule has 1 heterocycles. The van der Waals surface area contributed by atoms with Crippen molar-refractivity contribution in [1.29, 1.82) is 0 Å². The maximum atomic E-state index is 13.2. The predicted octanol–water partition coefficient (Wildman–Crippen LogP) is 2.60. The van der Waals surface area contributed by atoms with Crippen molar-refractivity contribution in [3.8, 4) is 5.75 Å². The van der Waals surface area contributed by atoms with E-state index in [4.69, 9.17) is 4.74 Å². The average Bonchev–Trinajstić information content (AvgIpc) is 2.67. The fraction of sp³-hybridized carbons (Fsp3) is 0.350. The van der Waals surface area contributed by atoms with E-state index in [1.54, 1.807) is 0 Å². The van der Waals surface area contributed by atoms with Crippen LogP contribution in [0.5, 0.6) is 5.75 Å².